The summed E-state index contributed by atoms with van der Waals surface area (Å²) in [4.78, 5) is 25.2. The van der Waals surface area contributed by atoms with Crippen LogP contribution in [-0.2, 0) is 21.4 Å². The summed E-state index contributed by atoms with van der Waals surface area (Å²) < 4.78 is 28.5. The predicted octanol–water partition coefficient (Wildman–Crippen LogP) is 5.95. The Bertz CT molecular complexity index is 1290. The lowest BCUT2D eigenvalue weighted by Crippen LogP contribution is -2.48. The van der Waals surface area contributed by atoms with E-state index >= 15 is 0 Å². The van der Waals surface area contributed by atoms with E-state index in [1.54, 1.807) is 16.4 Å². The first-order valence-electron chi connectivity index (χ1n) is 15.8. The Labute approximate surface area is 263 Å². The van der Waals surface area contributed by atoms with E-state index in [1.165, 1.54) is 43.9 Å². The van der Waals surface area contributed by atoms with Crippen LogP contribution >= 0.6 is 11.8 Å². The molecule has 1 aliphatic rings. The highest BCUT2D eigenvalue weighted by molar-refractivity contribution is 7.98. The molecule has 1 aliphatic carbocycles. The zero-order valence-corrected chi connectivity index (χ0v) is 27.7. The van der Waals surface area contributed by atoms with Gasteiger partial charge in [0, 0.05) is 18.7 Å². The first-order valence-corrected chi connectivity index (χ1v) is 18.8. The maximum Gasteiger partial charge on any atom is 0.252 e. The third-order valence-electron chi connectivity index (χ3n) is 8.47. The van der Waals surface area contributed by atoms with E-state index in [-0.39, 0.29) is 18.7 Å². The zero-order valence-electron chi connectivity index (χ0n) is 26.1. The van der Waals surface area contributed by atoms with Gasteiger partial charge in [-0.1, -0.05) is 88.6 Å². The van der Waals surface area contributed by atoms with Gasteiger partial charge in [0.2, 0.25) is 10.0 Å². The zero-order chi connectivity index (χ0) is 31.2. The minimum Gasteiger partial charge on any atom is -0.548 e. The molecular weight excluding hydrogens is 581 g/mol. The number of hydrogen-bond donors (Lipinski definition) is 1. The van der Waals surface area contributed by atoms with Crippen LogP contribution < -0.4 is 10.4 Å². The van der Waals surface area contributed by atoms with Crippen LogP contribution in [0.25, 0.3) is 11.1 Å². The van der Waals surface area contributed by atoms with Crippen LogP contribution in [0.1, 0.15) is 99.0 Å². The minimum absolute atomic E-state index is 0.123. The first-order chi connectivity index (χ1) is 20.7. The number of hydrogen-bond acceptors (Lipinski definition) is 6. The monoisotopic (exact) mass is 629 g/mol. The van der Waals surface area contributed by atoms with E-state index in [2.05, 4.69) is 5.32 Å². The number of thioether (sulfide) groups is 1. The van der Waals surface area contributed by atoms with E-state index in [0.717, 1.165) is 48.3 Å². The number of unbranched alkanes of at least 4 members (excludes halogenated alkanes) is 2. The highest BCUT2D eigenvalue weighted by Crippen LogP contribution is 2.30. The van der Waals surface area contributed by atoms with E-state index in [4.69, 9.17) is 0 Å². The second-order valence-corrected chi connectivity index (χ2v) is 14.9. The highest BCUT2D eigenvalue weighted by atomic mass is 32.2. The average molecular weight is 630 g/mol. The van der Waals surface area contributed by atoms with Crippen molar-refractivity contribution in [3.8, 4) is 11.1 Å². The summed E-state index contributed by atoms with van der Waals surface area (Å²) in [5, 5.41) is 14.4. The number of carboxylic acids is 1. The molecule has 2 aromatic carbocycles. The number of rotatable bonds is 18. The quantitative estimate of drug-likeness (QED) is 0.205. The summed E-state index contributed by atoms with van der Waals surface area (Å²) in [5.74, 6) is -0.335. The third kappa shape index (κ3) is 10.9. The number of carboxylic acid groups (broad SMARTS) is 1. The van der Waals surface area contributed by atoms with Crippen molar-refractivity contribution in [2.75, 3.05) is 24.3 Å². The molecule has 0 heterocycles. The highest BCUT2D eigenvalue weighted by Gasteiger charge is 2.24. The van der Waals surface area contributed by atoms with Gasteiger partial charge in [0.15, 0.2) is 0 Å². The maximum absolute atomic E-state index is 13.4. The smallest absolute Gasteiger partial charge is 0.252 e. The number of sulfonamides is 1. The Balaban J connectivity index is 1.87. The summed E-state index contributed by atoms with van der Waals surface area (Å²) in [5.41, 5.74) is 3.60. The van der Waals surface area contributed by atoms with Crippen LogP contribution in [0.4, 0.5) is 0 Å². The summed E-state index contributed by atoms with van der Waals surface area (Å²) in [6.07, 6.45) is 13.1. The third-order valence-corrected chi connectivity index (χ3v) is 11.0. The molecular formula is C34H49N2O5S2-. The summed E-state index contributed by atoms with van der Waals surface area (Å²) in [6.45, 7) is 4.66. The Morgan fingerprint density at radius 3 is 2.47 bits per heavy atom. The van der Waals surface area contributed by atoms with Gasteiger partial charge in [0.05, 0.1) is 17.8 Å². The van der Waals surface area contributed by atoms with Crippen LogP contribution in [0, 0.1) is 12.8 Å². The predicted molar refractivity (Wildman–Crippen MR) is 175 cm³/mol. The van der Waals surface area contributed by atoms with Crippen LogP contribution in [0.3, 0.4) is 0 Å². The molecule has 0 saturated heterocycles. The summed E-state index contributed by atoms with van der Waals surface area (Å²) >= 11 is 1.50. The van der Waals surface area contributed by atoms with Crippen molar-refractivity contribution in [1.82, 2.24) is 9.62 Å². The molecule has 43 heavy (non-hydrogen) atoms. The van der Waals surface area contributed by atoms with Gasteiger partial charge in [0.25, 0.3) is 5.91 Å². The van der Waals surface area contributed by atoms with Crippen molar-refractivity contribution in [3.05, 3.63) is 59.2 Å². The molecule has 1 atom stereocenters. The van der Waals surface area contributed by atoms with Gasteiger partial charge >= 0.3 is 0 Å². The Hall–Kier alpha value is -2.36. The summed E-state index contributed by atoms with van der Waals surface area (Å²) in [6, 6.07) is 12.0. The lowest BCUT2D eigenvalue weighted by atomic mass is 9.86. The molecule has 7 nitrogen and oxygen atoms in total. The molecule has 0 aliphatic heterocycles. The van der Waals surface area contributed by atoms with Gasteiger partial charge in [-0.05, 0) is 78.5 Å². The second kappa shape index (κ2) is 17.8. The van der Waals surface area contributed by atoms with Crippen LogP contribution in [0.5, 0.6) is 0 Å². The Morgan fingerprint density at radius 2 is 1.79 bits per heavy atom. The lowest BCUT2D eigenvalue weighted by Gasteiger charge is -2.25. The van der Waals surface area contributed by atoms with Crippen LogP contribution in [0.15, 0.2) is 42.5 Å². The van der Waals surface area contributed by atoms with Crippen molar-refractivity contribution >= 4 is 33.7 Å². The number of nitrogens with one attached hydrogen (secondary N) is 1. The minimum atomic E-state index is -3.45. The number of benzene rings is 2. The van der Waals surface area contributed by atoms with Gasteiger partial charge in [-0.15, -0.1) is 0 Å². The van der Waals surface area contributed by atoms with Crippen molar-refractivity contribution in [2.24, 2.45) is 5.92 Å². The standard InChI is InChI=1S/C34H50N2O5S2/c1-4-5-23-43(40,41)36(21-12-11-16-27-14-7-6-8-15-27)25-28-18-19-30(31(24-28)29-17-10-9-13-26(29)2)33(37)35-32(34(38)39)20-22-42-3/h9-10,13,17-19,24,27,32H,4-8,11-12,14-16,20-23,25H2,1-3H3,(H,35,37)(H,38,39)/p-1/t32-/m0/s1. The molecule has 0 radical (unpaired) electrons. The van der Waals surface area contributed by atoms with Crippen LogP contribution in [-0.4, -0.2) is 54.9 Å². The molecule has 2 aromatic rings. The van der Waals surface area contributed by atoms with Crippen molar-refractivity contribution < 1.29 is 23.1 Å². The van der Waals surface area contributed by atoms with Gasteiger partial charge in [-0.25, -0.2) is 8.42 Å². The normalized spacial score (nSPS) is 15.0. The van der Waals surface area contributed by atoms with E-state index < -0.39 is 27.9 Å². The van der Waals surface area contributed by atoms with E-state index in [0.29, 0.717) is 29.8 Å². The molecule has 0 spiro atoms. The fraction of sp³-hybridized carbons (Fsp3) is 0.588. The van der Waals surface area contributed by atoms with Crippen molar-refractivity contribution in [1.29, 1.82) is 0 Å². The largest absolute Gasteiger partial charge is 0.548 e. The van der Waals surface area contributed by atoms with Crippen molar-refractivity contribution in [2.45, 2.75) is 97.1 Å². The van der Waals surface area contributed by atoms with E-state index in [1.807, 2.05) is 50.4 Å². The van der Waals surface area contributed by atoms with Crippen LogP contribution in [0.2, 0.25) is 0 Å². The molecule has 238 valence electrons. The van der Waals surface area contributed by atoms with Gasteiger partial charge in [-0.3, -0.25) is 4.79 Å². The van der Waals surface area contributed by atoms with Gasteiger partial charge in [-0.2, -0.15) is 16.1 Å². The van der Waals surface area contributed by atoms with Crippen molar-refractivity contribution in [3.63, 3.8) is 0 Å². The number of carbonyl (C=O) groups excluding carboxylic acids is 2. The Kier molecular flexibility index (Phi) is 14.6. The van der Waals surface area contributed by atoms with Gasteiger partial charge < -0.3 is 15.2 Å². The van der Waals surface area contributed by atoms with Gasteiger partial charge in [0.1, 0.15) is 0 Å². The molecule has 3 rings (SSSR count). The average Bonchev–Trinajstić information content (AvgIpc) is 3.00. The number of amides is 1. The number of aryl methyl sites for hydroxylation is 1. The Morgan fingerprint density at radius 1 is 1.05 bits per heavy atom. The second-order valence-electron chi connectivity index (χ2n) is 11.8. The topological polar surface area (TPSA) is 107 Å². The molecule has 0 bridgehead atoms. The molecule has 1 N–H and O–H groups in total. The SMILES string of the molecule is CCCCS(=O)(=O)N(CCCCC1CCCCC1)Cc1ccc(C(=O)N[C@@H](CCSC)C(=O)[O-])c(-c2ccccc2C)c1. The fourth-order valence-corrected chi connectivity index (χ4v) is 8.02. The molecule has 0 aromatic heterocycles. The van der Waals surface area contributed by atoms with E-state index in [9.17, 15) is 23.1 Å². The lowest BCUT2D eigenvalue weighted by molar-refractivity contribution is -0.308. The molecule has 0 unspecified atom stereocenters. The fourth-order valence-electron chi connectivity index (χ4n) is 5.88. The molecule has 1 fully saturated rings. The molecule has 1 saturated carbocycles. The number of nitrogens with zero attached hydrogens (tertiary/aromatic N) is 1. The number of aliphatic carboxylic acids is 1. The maximum atomic E-state index is 13.4. The number of carbonyl (C=O) groups is 2. The molecule has 1 amide bonds. The summed E-state index contributed by atoms with van der Waals surface area (Å²) in [7, 11) is -3.45. The first kappa shape index (κ1) is 35.1. The molecule has 9 heteroatoms.